The van der Waals surface area contributed by atoms with Crippen LogP contribution in [0.15, 0.2) is 217 Å². The Morgan fingerprint density at radius 3 is 1.72 bits per heavy atom. The molecule has 14 rings (SSSR count). The van der Waals surface area contributed by atoms with Crippen molar-refractivity contribution in [1.82, 2.24) is 24.1 Å². The number of rotatable bonds is 5. The predicted molar refractivity (Wildman–Crippen MR) is 267 cm³/mol. The van der Waals surface area contributed by atoms with Crippen LogP contribution in [0.2, 0.25) is 0 Å². The maximum atomic E-state index is 7.15. The molecular weight excluding hydrogens is 795 g/mol. The summed E-state index contributed by atoms with van der Waals surface area (Å²) in [4.78, 5) is 16.6. The third-order valence-electron chi connectivity index (χ3n) is 13.1. The third-order valence-corrected chi connectivity index (χ3v) is 13.1. The summed E-state index contributed by atoms with van der Waals surface area (Å²) in [5.41, 5.74) is 10.5. The van der Waals surface area contributed by atoms with Gasteiger partial charge in [0.15, 0.2) is 23.1 Å². The first-order chi connectivity index (χ1) is 32.3. The van der Waals surface area contributed by atoms with Gasteiger partial charge in [0.25, 0.3) is 0 Å². The van der Waals surface area contributed by atoms with Gasteiger partial charge in [-0.2, -0.15) is 0 Å². The van der Waals surface area contributed by atoms with Crippen LogP contribution in [0, 0.1) is 0 Å². The third kappa shape index (κ3) is 5.25. The first-order valence-electron chi connectivity index (χ1n) is 21.9. The van der Waals surface area contributed by atoms with Crippen LogP contribution < -0.4 is 0 Å². The van der Waals surface area contributed by atoms with Crippen LogP contribution in [-0.4, -0.2) is 24.1 Å². The lowest BCUT2D eigenvalue weighted by molar-refractivity contribution is 0.667. The van der Waals surface area contributed by atoms with E-state index < -0.39 is 0 Å². The Kier molecular flexibility index (Phi) is 7.59. The topological polar surface area (TPSA) is 61.7 Å². The normalized spacial score (nSPS) is 12.0. The average Bonchev–Trinajstić information content (AvgIpc) is 4.04. The molecule has 0 aliphatic carbocycles. The maximum Gasteiger partial charge on any atom is 0.166 e. The fraction of sp³-hybridized carbons (Fsp3) is 0. The molecule has 0 N–H and O–H groups in total. The molecule has 10 aromatic carbocycles. The van der Waals surface area contributed by atoms with Crippen molar-refractivity contribution in [3.63, 3.8) is 0 Å². The Balaban J connectivity index is 1.18. The van der Waals surface area contributed by atoms with E-state index in [1.54, 1.807) is 0 Å². The Labute approximate surface area is 371 Å². The van der Waals surface area contributed by atoms with Crippen molar-refractivity contribution in [3.05, 3.63) is 212 Å². The van der Waals surface area contributed by atoms with Gasteiger partial charge in [-0.1, -0.05) is 164 Å². The highest BCUT2D eigenvalue weighted by Crippen LogP contribution is 2.48. The van der Waals surface area contributed by atoms with Gasteiger partial charge in [0.05, 0.1) is 27.6 Å². The number of hydrogen-bond acceptors (Lipinski definition) is 4. The minimum atomic E-state index is 0.550. The second-order valence-electron chi connectivity index (χ2n) is 16.7. The Morgan fingerprint density at radius 2 is 0.938 bits per heavy atom. The van der Waals surface area contributed by atoms with Gasteiger partial charge >= 0.3 is 0 Å². The molecule has 0 atom stereocenters. The van der Waals surface area contributed by atoms with Gasteiger partial charge in [0, 0.05) is 49.1 Å². The molecule has 0 amide bonds. The zero-order valence-corrected chi connectivity index (χ0v) is 34.9. The number of fused-ring (bicyclic) bond motifs is 12. The summed E-state index contributed by atoms with van der Waals surface area (Å²) in [6, 6.07) is 74.8. The zero-order valence-electron chi connectivity index (χ0n) is 34.9. The predicted octanol–water partition coefficient (Wildman–Crippen LogP) is 15.3. The van der Waals surface area contributed by atoms with Crippen LogP contribution in [0.5, 0.6) is 0 Å². The summed E-state index contributed by atoms with van der Waals surface area (Å²) < 4.78 is 11.9. The second-order valence-corrected chi connectivity index (χ2v) is 16.7. The minimum Gasteiger partial charge on any atom is -0.454 e. The summed E-state index contributed by atoms with van der Waals surface area (Å²) in [6.07, 6.45) is 0. The van der Waals surface area contributed by atoms with Crippen molar-refractivity contribution in [2.45, 2.75) is 0 Å². The van der Waals surface area contributed by atoms with Crippen LogP contribution >= 0.6 is 0 Å². The van der Waals surface area contributed by atoms with Crippen LogP contribution in [0.25, 0.3) is 133 Å². The van der Waals surface area contributed by atoms with Crippen LogP contribution in [0.4, 0.5) is 0 Å². The summed E-state index contributed by atoms with van der Waals surface area (Å²) in [5.74, 6) is 1.71. The van der Waals surface area contributed by atoms with Crippen molar-refractivity contribution in [2.24, 2.45) is 0 Å². The highest BCUT2D eigenvalue weighted by molar-refractivity contribution is 6.26. The number of benzene rings is 10. The number of aromatic nitrogens is 5. The largest absolute Gasteiger partial charge is 0.454 e. The van der Waals surface area contributed by atoms with Crippen molar-refractivity contribution in [2.75, 3.05) is 0 Å². The molecule has 0 spiro atoms. The van der Waals surface area contributed by atoms with E-state index in [0.29, 0.717) is 17.5 Å². The first-order valence-corrected chi connectivity index (χ1v) is 21.9. The Bertz CT molecular complexity index is 4240. The standard InChI is InChI=1S/C59H35N5O/c1-3-18-36(19-4-1)57-60-58(46-30-17-29-44-40-24-11-14-31-48(40)63(54(44)46)39-22-5-2-6-23-39)62-59(61-57)53-43-27-10-9-26-42(43)52-45-28-13-16-33-51(45)65-56(52)55(53)64-49-32-15-12-25-41(49)47-34-37-20-7-8-21-38(37)35-50(47)64/h1-35H. The smallest absolute Gasteiger partial charge is 0.166 e. The fourth-order valence-corrected chi connectivity index (χ4v) is 10.3. The van der Waals surface area contributed by atoms with Crippen molar-refractivity contribution in [3.8, 4) is 45.5 Å². The highest BCUT2D eigenvalue weighted by atomic mass is 16.3. The van der Waals surface area contributed by atoms with Crippen LogP contribution in [0.1, 0.15) is 0 Å². The molecule has 65 heavy (non-hydrogen) atoms. The van der Waals surface area contributed by atoms with Crippen LogP contribution in [-0.2, 0) is 0 Å². The van der Waals surface area contributed by atoms with Crippen molar-refractivity contribution >= 4 is 87.1 Å². The highest BCUT2D eigenvalue weighted by Gasteiger charge is 2.28. The molecule has 4 heterocycles. The molecule has 302 valence electrons. The Morgan fingerprint density at radius 1 is 0.369 bits per heavy atom. The van der Waals surface area contributed by atoms with Gasteiger partial charge in [-0.15, -0.1) is 0 Å². The fourth-order valence-electron chi connectivity index (χ4n) is 10.3. The SMILES string of the molecule is c1ccc(-c2nc(-c3c(-n4c5ccccc5c5cc6ccccc6cc54)c4oc5ccccc5c4c4ccccc34)nc(-c3cccc4c5ccccc5n(-c5ccccc5)c34)n2)cc1. The van der Waals surface area contributed by atoms with E-state index in [2.05, 4.69) is 197 Å². The van der Waals surface area contributed by atoms with E-state index in [-0.39, 0.29) is 0 Å². The molecule has 0 bridgehead atoms. The number of para-hydroxylation sites is 5. The molecule has 0 fully saturated rings. The molecule has 14 aromatic rings. The maximum absolute atomic E-state index is 7.15. The van der Waals surface area contributed by atoms with E-state index in [4.69, 9.17) is 19.4 Å². The quantitative estimate of drug-likeness (QED) is 0.173. The summed E-state index contributed by atoms with van der Waals surface area (Å²) in [6.45, 7) is 0. The number of nitrogens with zero attached hydrogens (tertiary/aromatic N) is 5. The molecule has 0 unspecified atom stereocenters. The van der Waals surface area contributed by atoms with Crippen molar-refractivity contribution in [1.29, 1.82) is 0 Å². The summed E-state index contributed by atoms with van der Waals surface area (Å²) in [7, 11) is 0. The number of furan rings is 1. The zero-order chi connectivity index (χ0) is 42.6. The van der Waals surface area contributed by atoms with E-state index in [1.807, 2.05) is 24.3 Å². The molecule has 0 radical (unpaired) electrons. The summed E-state index contributed by atoms with van der Waals surface area (Å²) >= 11 is 0. The van der Waals surface area contributed by atoms with Gasteiger partial charge < -0.3 is 13.6 Å². The van der Waals surface area contributed by atoms with Gasteiger partial charge in [0.1, 0.15) is 11.3 Å². The molecular formula is C59H35N5O. The summed E-state index contributed by atoms with van der Waals surface area (Å²) in [5, 5.41) is 11.1. The van der Waals surface area contributed by atoms with Gasteiger partial charge in [-0.25, -0.2) is 15.0 Å². The minimum absolute atomic E-state index is 0.550. The van der Waals surface area contributed by atoms with Gasteiger partial charge in [-0.05, 0) is 70.1 Å². The van der Waals surface area contributed by atoms with Crippen LogP contribution in [0.3, 0.4) is 0 Å². The lowest BCUT2D eigenvalue weighted by Crippen LogP contribution is -2.05. The molecule has 0 aliphatic heterocycles. The molecule has 0 saturated carbocycles. The first kappa shape index (κ1) is 35.7. The molecule has 6 heteroatoms. The number of hydrogen-bond donors (Lipinski definition) is 0. The van der Waals surface area contributed by atoms with E-state index >= 15 is 0 Å². The molecule has 4 aromatic heterocycles. The lowest BCUT2D eigenvalue weighted by Gasteiger charge is -2.18. The monoisotopic (exact) mass is 829 g/mol. The van der Waals surface area contributed by atoms with Gasteiger partial charge in [-0.3, -0.25) is 0 Å². The molecule has 0 saturated heterocycles. The second kappa shape index (κ2) is 13.8. The van der Waals surface area contributed by atoms with E-state index in [9.17, 15) is 0 Å². The van der Waals surface area contributed by atoms with Crippen molar-refractivity contribution < 1.29 is 4.42 Å². The van der Waals surface area contributed by atoms with E-state index in [0.717, 1.165) is 110 Å². The Hall–Kier alpha value is -8.87. The molecule has 6 nitrogen and oxygen atoms in total. The average molecular weight is 830 g/mol. The lowest BCUT2D eigenvalue weighted by atomic mass is 9.96. The van der Waals surface area contributed by atoms with Gasteiger partial charge in [0.2, 0.25) is 0 Å². The molecule has 0 aliphatic rings. The van der Waals surface area contributed by atoms with E-state index in [1.165, 1.54) is 5.39 Å².